The van der Waals surface area contributed by atoms with E-state index in [1.807, 2.05) is 50.2 Å². The monoisotopic (exact) mass is 1110 g/mol. The van der Waals surface area contributed by atoms with Crippen LogP contribution in [0.15, 0.2) is 48.5 Å². The molecule has 0 atom stereocenters. The van der Waals surface area contributed by atoms with Crippen LogP contribution >= 0.6 is 0 Å². The summed E-state index contributed by atoms with van der Waals surface area (Å²) in [6, 6.07) is 15.2. The smallest absolute Gasteiger partial charge is 0.342 e. The van der Waals surface area contributed by atoms with Crippen molar-refractivity contribution in [3.8, 4) is 11.5 Å². The summed E-state index contributed by atoms with van der Waals surface area (Å²) in [7, 11) is 35.4. The fourth-order valence-electron chi connectivity index (χ4n) is 5.64. The van der Waals surface area contributed by atoms with Gasteiger partial charge in [0.2, 0.25) is 0 Å². The van der Waals surface area contributed by atoms with Crippen molar-refractivity contribution in [1.82, 2.24) is 0 Å². The minimum Gasteiger partial charge on any atom is -0.493 e. The quantitative estimate of drug-likeness (QED) is 0.0307. The second-order valence-electron chi connectivity index (χ2n) is 16.2. The number of carbonyl (C=O) groups excluding carboxylic acids is 2. The van der Waals surface area contributed by atoms with Gasteiger partial charge in [0, 0.05) is 125 Å². The van der Waals surface area contributed by atoms with Crippen LogP contribution in [0.5, 0.6) is 11.5 Å². The molecule has 0 amide bonds. The Kier molecular flexibility index (Phi) is 91.3. The molecule has 6 nitrogen and oxygen atoms in total. The molecule has 2 aromatic rings. The zero-order valence-corrected chi connectivity index (χ0v) is 52.6. The summed E-state index contributed by atoms with van der Waals surface area (Å²) >= 11 is 0. The average Bonchev–Trinajstić information content (AvgIpc) is 3.31. The maximum atomic E-state index is 13.3. The van der Waals surface area contributed by atoms with Gasteiger partial charge in [-0.3, -0.25) is 0 Å². The fourth-order valence-corrected chi connectivity index (χ4v) is 5.64. The number of ether oxygens (including phenoxy) is 4. The number of esters is 2. The van der Waals surface area contributed by atoms with Gasteiger partial charge in [-0.25, -0.2) is 9.59 Å². The molecule has 71 heavy (non-hydrogen) atoms. The standard InChI is InChI=1S/C33H54B5O6.C6H6.C3H7B3.C3H7B2.2C3H7.2CH3.2Y/c1-3-5-7-9-12-17-23-42-30-27-29(33(40)44-25-19-15-21-38(35)36)31(41-22-16-11-8-6-4-2)26-28(30)32(39)43-24-18-13-10-14-20-37-34;1-2-4-6-5-3-1;1-2-3-6(4)5;1-2-3-5-4;2*1-3-2;;;;/h26-27H,3-25H2,1-2H3;1-6H;2-3H2,1H3;2-3H2,1H3;2*1,3H2,2H3;2*1H3;;/q;;;;4*-1;;. The molecule has 16 radical (unpaired) electrons. The van der Waals surface area contributed by atoms with Crippen LogP contribution in [-0.4, -0.2) is 112 Å². The Balaban J connectivity index is -0.000000201. The van der Waals surface area contributed by atoms with Crippen LogP contribution < -0.4 is 9.47 Å². The molecule has 0 aromatic heterocycles. The predicted octanol–water partition coefficient (Wildman–Crippen LogP) is 13.3. The first kappa shape index (κ1) is 87.5. The molecule has 0 saturated carbocycles. The summed E-state index contributed by atoms with van der Waals surface area (Å²) in [4.78, 5) is 26.5. The Morgan fingerprint density at radius 2 is 0.789 bits per heavy atom. The number of carbonyl (C=O) groups is 2. The molecule has 0 bridgehead atoms. The van der Waals surface area contributed by atoms with E-state index in [2.05, 4.69) is 41.5 Å². The average molecular weight is 1110 g/mol. The van der Waals surface area contributed by atoms with E-state index < -0.39 is 11.9 Å². The molecule has 2 rings (SSSR count). The van der Waals surface area contributed by atoms with E-state index in [0.717, 1.165) is 122 Å². The molecule has 0 spiro atoms. The molecule has 382 valence electrons. The molecule has 0 aliphatic heterocycles. The van der Waals surface area contributed by atoms with E-state index in [9.17, 15) is 9.59 Å². The predicted molar refractivity (Wildman–Crippen MR) is 316 cm³/mol. The molecule has 0 aliphatic carbocycles. The largest absolute Gasteiger partial charge is 0.493 e. The van der Waals surface area contributed by atoms with Crippen molar-refractivity contribution in [1.29, 1.82) is 0 Å². The second-order valence-corrected chi connectivity index (χ2v) is 16.2. The first-order chi connectivity index (χ1) is 32.5. The first-order valence-corrected chi connectivity index (χ1v) is 25.9. The molecule has 0 heterocycles. The first-order valence-electron chi connectivity index (χ1n) is 25.9. The number of hydrogen-bond donors (Lipinski definition) is 0. The molecule has 0 saturated heterocycles. The summed E-state index contributed by atoms with van der Waals surface area (Å²) in [5.41, 5.74) is 0.517. The molecule has 2 aromatic carbocycles. The molecule has 0 unspecified atom stereocenters. The third kappa shape index (κ3) is 67.8. The molecule has 0 fully saturated rings. The Bertz CT molecular complexity index is 1270. The number of rotatable bonds is 33. The second kappa shape index (κ2) is 74.1. The molecular weight excluding hydrogens is 1020 g/mol. The van der Waals surface area contributed by atoms with Crippen LogP contribution in [-0.2, 0) is 74.9 Å². The van der Waals surface area contributed by atoms with Crippen molar-refractivity contribution in [2.75, 3.05) is 26.4 Å². The van der Waals surface area contributed by atoms with Crippen LogP contribution in [0.3, 0.4) is 0 Å². The van der Waals surface area contributed by atoms with Gasteiger partial charge in [0.05, 0.1) is 40.8 Å². The van der Waals surface area contributed by atoms with E-state index in [1.54, 1.807) is 26.5 Å². The van der Waals surface area contributed by atoms with E-state index in [-0.39, 0.29) is 111 Å². The third-order valence-electron chi connectivity index (χ3n) is 9.19. The van der Waals surface area contributed by atoms with E-state index in [0.29, 0.717) is 44.1 Å². The molecular formula is C53H94B10O6Y2-4. The van der Waals surface area contributed by atoms with Gasteiger partial charge in [-0.15, -0.1) is 0 Å². The van der Waals surface area contributed by atoms with Crippen LogP contribution in [0, 0.1) is 28.7 Å². The van der Waals surface area contributed by atoms with Crippen molar-refractivity contribution >= 4 is 85.7 Å². The van der Waals surface area contributed by atoms with Gasteiger partial charge in [-0.1, -0.05) is 200 Å². The Morgan fingerprint density at radius 1 is 0.465 bits per heavy atom. The van der Waals surface area contributed by atoms with E-state index in [4.69, 9.17) is 65.4 Å². The number of hydrogen-bond acceptors (Lipinski definition) is 6. The maximum Gasteiger partial charge on any atom is 0.342 e. The Labute approximate surface area is 502 Å². The van der Waals surface area contributed by atoms with E-state index >= 15 is 0 Å². The molecule has 0 aliphatic rings. The van der Waals surface area contributed by atoms with Gasteiger partial charge in [-0.05, 0) is 37.8 Å². The summed E-state index contributed by atoms with van der Waals surface area (Å²) in [6.07, 6.45) is 25.0. The summed E-state index contributed by atoms with van der Waals surface area (Å²) < 4.78 is 23.4. The van der Waals surface area contributed by atoms with E-state index in [1.165, 1.54) is 25.7 Å². The van der Waals surface area contributed by atoms with Crippen molar-refractivity contribution < 1.29 is 94.0 Å². The fraction of sp³-hybridized carbons (Fsp3) is 0.660. The summed E-state index contributed by atoms with van der Waals surface area (Å²) in [5.74, 6) is -0.365. The van der Waals surface area contributed by atoms with Gasteiger partial charge in [-0.2, -0.15) is 12.8 Å². The maximum absolute atomic E-state index is 13.3. The molecule has 18 heteroatoms. The van der Waals surface area contributed by atoms with Crippen LogP contribution in [0.1, 0.15) is 197 Å². The minimum atomic E-state index is -0.512. The molecule has 0 N–H and O–H groups in total. The summed E-state index contributed by atoms with van der Waals surface area (Å²) in [5, 5.41) is 0. The summed E-state index contributed by atoms with van der Waals surface area (Å²) in [6.45, 7) is 20.5. The Hall–Kier alpha value is -0.163. The van der Waals surface area contributed by atoms with Gasteiger partial charge < -0.3 is 47.6 Å². The van der Waals surface area contributed by atoms with Crippen LogP contribution in [0.4, 0.5) is 0 Å². The normalized spacial score (nSPS) is 9.07. The van der Waals surface area contributed by atoms with Crippen molar-refractivity contribution in [3.05, 3.63) is 88.4 Å². The van der Waals surface area contributed by atoms with Gasteiger partial charge in [0.15, 0.2) is 0 Å². The number of unbranched alkanes of at least 4 members (excludes halogenated alkanes) is 13. The number of benzene rings is 2. The Morgan fingerprint density at radius 3 is 1.08 bits per heavy atom. The minimum absolute atomic E-state index is 0. The van der Waals surface area contributed by atoms with Crippen LogP contribution in [0.2, 0.25) is 25.3 Å². The van der Waals surface area contributed by atoms with Crippen LogP contribution in [0.25, 0.3) is 0 Å². The SMILES string of the molecule is [B]B([B])CCC.[B][B]CCC.[B][B]CCCCCCOC(=O)c1cc(OCCCCCCC)c(C(=O)OCCCCB([B])[B])cc1OCCCCCCCC.[CH2-]CC.[CH2-]CC.[CH3-].[CH3-].[Y].[Y].c1ccccc1. The topological polar surface area (TPSA) is 71.1 Å². The zero-order valence-electron chi connectivity index (χ0n) is 46.9. The van der Waals surface area contributed by atoms with Crippen molar-refractivity contribution in [3.63, 3.8) is 0 Å². The van der Waals surface area contributed by atoms with Gasteiger partial charge in [0.1, 0.15) is 22.6 Å². The zero-order chi connectivity index (χ0) is 51.0. The van der Waals surface area contributed by atoms with Gasteiger partial charge >= 0.3 is 11.9 Å². The van der Waals surface area contributed by atoms with Gasteiger partial charge in [0.25, 0.3) is 0 Å². The third-order valence-corrected chi connectivity index (χ3v) is 9.19. The van der Waals surface area contributed by atoms with Crippen molar-refractivity contribution in [2.24, 2.45) is 0 Å². The van der Waals surface area contributed by atoms with Crippen molar-refractivity contribution in [2.45, 2.75) is 202 Å².